The number of carbonyl (C=O) groups is 2. The number of aliphatic hydroxyl groups excluding tert-OH is 1. The van der Waals surface area contributed by atoms with Crippen molar-refractivity contribution in [2.24, 2.45) is 10.7 Å². The molecule has 1 unspecified atom stereocenters. The first-order valence-corrected chi connectivity index (χ1v) is 12.3. The van der Waals surface area contributed by atoms with Gasteiger partial charge in [-0.2, -0.15) is 4.98 Å². The highest BCUT2D eigenvalue weighted by atomic mass is 35.5. The molecule has 216 valence electrons. The molecule has 3 heterocycles. The molecule has 13 nitrogen and oxygen atoms in total. The maximum atomic E-state index is 14.6. The summed E-state index contributed by atoms with van der Waals surface area (Å²) in [6.07, 6.45) is -2.91. The first kappa shape index (κ1) is 29.4. The number of halogens is 3. The Morgan fingerprint density at radius 2 is 1.95 bits per heavy atom. The van der Waals surface area contributed by atoms with Gasteiger partial charge in [0.1, 0.15) is 61.0 Å². The van der Waals surface area contributed by atoms with E-state index in [1.807, 2.05) is 0 Å². The van der Waals surface area contributed by atoms with Crippen molar-refractivity contribution in [1.29, 1.82) is 0 Å². The number of nitrogens with two attached hydrogens (primary N) is 1. The highest BCUT2D eigenvalue weighted by molar-refractivity contribution is 6.32. The number of hydrogen-bond donors (Lipinski definition) is 4. The van der Waals surface area contributed by atoms with E-state index in [-0.39, 0.29) is 67.6 Å². The molecule has 0 saturated carbocycles. The van der Waals surface area contributed by atoms with Crippen LogP contribution in [-0.4, -0.2) is 86.3 Å². The second-order valence-corrected chi connectivity index (χ2v) is 9.03. The van der Waals surface area contributed by atoms with E-state index in [9.17, 15) is 23.5 Å². The lowest BCUT2D eigenvalue weighted by atomic mass is 10.1. The largest absolute Gasteiger partial charge is 0.471 e. The minimum absolute atomic E-state index is 0.00590. The Labute approximate surface area is 231 Å². The lowest BCUT2D eigenvalue weighted by Gasteiger charge is -2.18. The van der Waals surface area contributed by atoms with E-state index in [4.69, 9.17) is 36.3 Å². The van der Waals surface area contributed by atoms with Crippen molar-refractivity contribution >= 4 is 41.8 Å². The molecule has 40 heavy (non-hydrogen) atoms. The van der Waals surface area contributed by atoms with E-state index in [0.29, 0.717) is 5.69 Å². The van der Waals surface area contributed by atoms with E-state index in [1.165, 1.54) is 6.07 Å². The Kier molecular flexibility index (Phi) is 9.65. The molecule has 2 aliphatic heterocycles. The first-order chi connectivity index (χ1) is 19.2. The predicted molar refractivity (Wildman–Crippen MR) is 136 cm³/mol. The Bertz CT molecular complexity index is 1250. The second kappa shape index (κ2) is 13.1. The van der Waals surface area contributed by atoms with Gasteiger partial charge in [0.2, 0.25) is 5.88 Å². The highest BCUT2D eigenvalue weighted by Gasteiger charge is 2.47. The monoisotopic (exact) mass is 585 g/mol. The van der Waals surface area contributed by atoms with Crippen LogP contribution in [0.3, 0.4) is 0 Å². The van der Waals surface area contributed by atoms with Gasteiger partial charge in [-0.3, -0.25) is 4.79 Å². The third-order valence-corrected chi connectivity index (χ3v) is 6.27. The Balaban J connectivity index is 1.34. The topological polar surface area (TPSA) is 176 Å². The van der Waals surface area contributed by atoms with Gasteiger partial charge in [0.25, 0.3) is 5.91 Å². The van der Waals surface area contributed by atoms with Crippen molar-refractivity contribution < 1.29 is 47.2 Å². The van der Waals surface area contributed by atoms with E-state index in [0.717, 1.165) is 12.1 Å². The van der Waals surface area contributed by atoms with Crippen LogP contribution >= 0.6 is 11.6 Å². The van der Waals surface area contributed by atoms with Gasteiger partial charge in [-0.25, -0.2) is 18.6 Å². The summed E-state index contributed by atoms with van der Waals surface area (Å²) in [4.78, 5) is 30.6. The number of nitrogens with one attached hydrogen (secondary N) is 2. The summed E-state index contributed by atoms with van der Waals surface area (Å²) in [7, 11) is 0. The maximum absolute atomic E-state index is 14.6. The van der Waals surface area contributed by atoms with Crippen LogP contribution in [0.4, 0.5) is 25.1 Å². The smallest absolute Gasteiger partial charge is 0.404 e. The molecule has 4 atom stereocenters. The molecule has 1 aromatic heterocycles. The number of ether oxygens (including phenoxy) is 5. The number of primary amides is 1. The Morgan fingerprint density at radius 1 is 1.23 bits per heavy atom. The van der Waals surface area contributed by atoms with Crippen LogP contribution < -0.4 is 21.1 Å². The molecule has 16 heteroatoms. The van der Waals surface area contributed by atoms with E-state index >= 15 is 0 Å². The fraction of sp³-hybridized carbons (Fsp3) is 0.417. The van der Waals surface area contributed by atoms with Crippen molar-refractivity contribution in [3.63, 3.8) is 0 Å². The number of carbonyl (C=O) groups excluding carboxylic acids is 2. The Hall–Kier alpha value is -3.63. The number of pyridine rings is 1. The number of amides is 2. The van der Waals surface area contributed by atoms with Gasteiger partial charge in [-0.1, -0.05) is 11.6 Å². The first-order valence-electron chi connectivity index (χ1n) is 11.9. The van der Waals surface area contributed by atoms with Gasteiger partial charge < -0.3 is 45.2 Å². The molecule has 0 bridgehead atoms. The quantitative estimate of drug-likeness (QED) is 0.163. The third kappa shape index (κ3) is 6.92. The number of rotatable bonds is 12. The number of fused-ring (bicyclic) bond motifs is 1. The molecule has 2 saturated heterocycles. The minimum Gasteiger partial charge on any atom is -0.471 e. The average molecular weight is 586 g/mol. The summed E-state index contributed by atoms with van der Waals surface area (Å²) in [6, 6.07) is 3.10. The van der Waals surface area contributed by atoms with Crippen LogP contribution in [0.5, 0.6) is 5.88 Å². The van der Waals surface area contributed by atoms with Gasteiger partial charge >= 0.3 is 6.09 Å². The molecular weight excluding hydrogens is 560 g/mol. The number of nitrogens with zero attached hydrogens (tertiary/aromatic N) is 2. The number of benzene rings is 1. The van der Waals surface area contributed by atoms with Crippen molar-refractivity contribution in [1.82, 2.24) is 10.3 Å². The zero-order valence-electron chi connectivity index (χ0n) is 20.9. The van der Waals surface area contributed by atoms with Gasteiger partial charge in [0.05, 0.1) is 31.0 Å². The number of aliphatic hydroxyl groups is 1. The SMILES string of the molecule is C=Nc1nc(OCc2c(F)cc(C(=O)NCCOC(N)=O)cc2F)c(Cl)cc1NCO[C@@H]1COC2[C@H](O)CO[C@@H]21. The minimum atomic E-state index is -1.04. The number of aliphatic imine (C=N–C) groups is 1. The highest BCUT2D eigenvalue weighted by Crippen LogP contribution is 2.34. The molecule has 2 aliphatic rings. The molecular formula is C24H26ClF2N5O8. The summed E-state index contributed by atoms with van der Waals surface area (Å²) in [5.41, 5.74) is 4.40. The summed E-state index contributed by atoms with van der Waals surface area (Å²) in [5.74, 6) is -2.94. The molecule has 0 aliphatic carbocycles. The fourth-order valence-electron chi connectivity index (χ4n) is 4.06. The van der Waals surface area contributed by atoms with Gasteiger partial charge in [-0.15, -0.1) is 0 Å². The molecule has 5 N–H and O–H groups in total. The average Bonchev–Trinajstić information content (AvgIpc) is 3.49. The summed E-state index contributed by atoms with van der Waals surface area (Å²) in [6.45, 7) is 3.00. The molecule has 4 rings (SSSR count). The molecule has 0 spiro atoms. The second-order valence-electron chi connectivity index (χ2n) is 8.62. The van der Waals surface area contributed by atoms with Crippen LogP contribution in [0.1, 0.15) is 15.9 Å². The van der Waals surface area contributed by atoms with Gasteiger partial charge in [-0.05, 0) is 24.9 Å². The third-order valence-electron chi connectivity index (χ3n) is 6.00. The van der Waals surface area contributed by atoms with Crippen LogP contribution in [0.15, 0.2) is 23.2 Å². The molecule has 1 aromatic carbocycles. The zero-order chi connectivity index (χ0) is 28.8. The molecule has 2 amide bonds. The number of anilines is 1. The fourth-order valence-corrected chi connectivity index (χ4v) is 4.26. The molecule has 2 fully saturated rings. The zero-order valence-corrected chi connectivity index (χ0v) is 21.7. The van der Waals surface area contributed by atoms with Gasteiger partial charge in [0, 0.05) is 5.56 Å². The van der Waals surface area contributed by atoms with E-state index in [2.05, 4.69) is 32.1 Å². The van der Waals surface area contributed by atoms with Crippen molar-refractivity contribution in [3.05, 3.63) is 46.0 Å². The Morgan fingerprint density at radius 3 is 2.65 bits per heavy atom. The summed E-state index contributed by atoms with van der Waals surface area (Å²) < 4.78 is 55.9. The normalized spacial score (nSPS) is 21.5. The standard InChI is InChI=1S/C24H26ClF2N5O8/c1-29-21-16(31-10-40-18-9-38-19-17(33)8-37-20(18)19)6-13(25)23(32-21)39-7-12-14(26)4-11(5-15(12)27)22(34)30-2-3-36-24(28)35/h4-6,17-20,31,33H,1-3,7-10H2,(H2,28,35)(H,30,34)/t17-,18-,19?,20-/m1/s1. The summed E-state index contributed by atoms with van der Waals surface area (Å²) >= 11 is 6.27. The van der Waals surface area contributed by atoms with Crippen LogP contribution in [0.2, 0.25) is 5.02 Å². The lowest BCUT2D eigenvalue weighted by Crippen LogP contribution is -2.33. The van der Waals surface area contributed by atoms with Crippen molar-refractivity contribution in [2.45, 2.75) is 31.0 Å². The number of aromatic nitrogens is 1. The van der Waals surface area contributed by atoms with Crippen LogP contribution in [-0.2, 0) is 25.6 Å². The summed E-state index contributed by atoms with van der Waals surface area (Å²) in [5, 5.41) is 15.1. The van der Waals surface area contributed by atoms with Crippen LogP contribution in [0.25, 0.3) is 0 Å². The van der Waals surface area contributed by atoms with Gasteiger partial charge in [0.15, 0.2) is 5.82 Å². The van der Waals surface area contributed by atoms with Crippen LogP contribution in [0, 0.1) is 11.6 Å². The predicted octanol–water partition coefficient (Wildman–Crippen LogP) is 1.66. The maximum Gasteiger partial charge on any atom is 0.404 e. The van der Waals surface area contributed by atoms with Crippen molar-refractivity contribution in [3.8, 4) is 5.88 Å². The van der Waals surface area contributed by atoms with E-state index < -0.39 is 48.0 Å². The van der Waals surface area contributed by atoms with Crippen molar-refractivity contribution in [2.75, 3.05) is 38.4 Å². The molecule has 0 radical (unpaired) electrons. The lowest BCUT2D eigenvalue weighted by molar-refractivity contribution is -0.0311. The number of hydrogen-bond acceptors (Lipinski definition) is 11. The molecule has 2 aromatic rings. The van der Waals surface area contributed by atoms with E-state index in [1.54, 1.807) is 0 Å².